The maximum Gasteiger partial charge on any atom is 0.0875 e. The molecule has 0 bridgehead atoms. The molecule has 0 fully saturated rings. The number of benzene rings is 3. The van der Waals surface area contributed by atoms with Crippen molar-refractivity contribution < 1.29 is 0 Å². The summed E-state index contributed by atoms with van der Waals surface area (Å²) in [6.45, 7) is 0. The van der Waals surface area contributed by atoms with E-state index in [1.54, 1.807) is 6.21 Å². The van der Waals surface area contributed by atoms with Crippen molar-refractivity contribution >= 4 is 17.6 Å². The van der Waals surface area contributed by atoms with Crippen LogP contribution in [0.15, 0.2) is 106 Å². The molecule has 3 aromatic rings. The van der Waals surface area contributed by atoms with Gasteiger partial charge in [-0.3, -0.25) is 0 Å². The Hall–Kier alpha value is -3.27. The topological polar surface area (TPSA) is 40.3 Å². The van der Waals surface area contributed by atoms with E-state index in [9.17, 15) is 0 Å². The lowest BCUT2D eigenvalue weighted by Gasteiger charge is -2.10. The smallest absolute Gasteiger partial charge is 0.0875 e. The average Bonchev–Trinajstić information content (AvgIpc) is 2.64. The fraction of sp³-hybridized carbons (Fsp3) is 0. The summed E-state index contributed by atoms with van der Waals surface area (Å²) in [5, 5.41) is 14.4. The summed E-state index contributed by atoms with van der Waals surface area (Å²) in [6, 6.07) is 29.2. The Kier molecular flexibility index (Phi) is 4.88. The Morgan fingerprint density at radius 3 is 1.87 bits per heavy atom. The van der Waals surface area contributed by atoms with Gasteiger partial charge >= 0.3 is 0 Å². The second kappa shape index (κ2) is 7.66. The van der Waals surface area contributed by atoms with Gasteiger partial charge in [0.05, 0.1) is 17.6 Å². The highest BCUT2D eigenvalue weighted by Crippen LogP contribution is 2.17. The number of rotatable bonds is 5. The first kappa shape index (κ1) is 14.7. The molecule has 0 aliphatic carbocycles. The van der Waals surface area contributed by atoms with Crippen molar-refractivity contribution in [2.45, 2.75) is 0 Å². The highest BCUT2D eigenvalue weighted by atomic mass is 15.7. The van der Waals surface area contributed by atoms with Crippen molar-refractivity contribution in [2.24, 2.45) is 15.4 Å². The first-order chi connectivity index (χ1) is 11.4. The first-order valence-electron chi connectivity index (χ1n) is 7.33. The lowest BCUT2D eigenvalue weighted by atomic mass is 10.2. The number of anilines is 1. The van der Waals surface area contributed by atoms with E-state index in [1.165, 1.54) is 5.12 Å². The zero-order valence-corrected chi connectivity index (χ0v) is 12.5. The van der Waals surface area contributed by atoms with Crippen LogP contribution in [-0.2, 0) is 0 Å². The molecule has 3 rings (SSSR count). The van der Waals surface area contributed by atoms with Crippen molar-refractivity contribution in [2.75, 3.05) is 5.12 Å². The number of hydrogen-bond donors (Lipinski definition) is 0. The number of nitrogens with zero attached hydrogens (tertiary/aromatic N) is 4. The van der Waals surface area contributed by atoms with Gasteiger partial charge in [0.1, 0.15) is 0 Å². The summed E-state index contributed by atoms with van der Waals surface area (Å²) in [5.74, 6) is 0. The number of para-hydroxylation sites is 1. The number of hydrazone groups is 1. The molecule has 0 amide bonds. The Morgan fingerprint density at radius 1 is 0.652 bits per heavy atom. The van der Waals surface area contributed by atoms with Gasteiger partial charge in [0, 0.05) is 0 Å². The van der Waals surface area contributed by atoms with Crippen LogP contribution in [-0.4, -0.2) is 6.21 Å². The van der Waals surface area contributed by atoms with Gasteiger partial charge in [0.25, 0.3) is 0 Å². The minimum Gasteiger partial charge on any atom is -0.157 e. The van der Waals surface area contributed by atoms with Crippen molar-refractivity contribution in [1.82, 2.24) is 0 Å². The molecule has 4 heteroatoms. The van der Waals surface area contributed by atoms with Gasteiger partial charge in [-0.2, -0.15) is 5.10 Å². The quantitative estimate of drug-likeness (QED) is 0.361. The molecule has 3 aromatic carbocycles. The third-order valence-electron chi connectivity index (χ3n) is 3.10. The van der Waals surface area contributed by atoms with Crippen LogP contribution in [0, 0.1) is 0 Å². The summed E-state index contributed by atoms with van der Waals surface area (Å²) >= 11 is 0. The summed E-state index contributed by atoms with van der Waals surface area (Å²) < 4.78 is 0. The molecule has 0 aliphatic rings. The lowest BCUT2D eigenvalue weighted by Crippen LogP contribution is -2.07. The molecular weight excluding hydrogens is 284 g/mol. The predicted molar refractivity (Wildman–Crippen MR) is 93.9 cm³/mol. The maximum absolute atomic E-state index is 4.43. The van der Waals surface area contributed by atoms with Crippen LogP contribution in [0.3, 0.4) is 0 Å². The van der Waals surface area contributed by atoms with E-state index in [4.69, 9.17) is 0 Å². The van der Waals surface area contributed by atoms with E-state index < -0.39 is 0 Å². The van der Waals surface area contributed by atoms with E-state index in [-0.39, 0.29) is 0 Å². The van der Waals surface area contributed by atoms with E-state index in [2.05, 4.69) is 15.4 Å². The third-order valence-corrected chi connectivity index (χ3v) is 3.10. The largest absolute Gasteiger partial charge is 0.157 e. The molecule has 0 unspecified atom stereocenters. The van der Waals surface area contributed by atoms with Gasteiger partial charge < -0.3 is 0 Å². The van der Waals surface area contributed by atoms with Crippen LogP contribution in [0.1, 0.15) is 5.56 Å². The Bertz CT molecular complexity index is 719. The molecule has 0 atom stereocenters. The minimum atomic E-state index is 0.781. The maximum atomic E-state index is 4.43. The summed E-state index contributed by atoms with van der Waals surface area (Å²) in [5.41, 5.74) is 2.63. The van der Waals surface area contributed by atoms with E-state index in [0.29, 0.717) is 0 Å². The highest BCUT2D eigenvalue weighted by molar-refractivity contribution is 5.80. The monoisotopic (exact) mass is 300 g/mol. The minimum absolute atomic E-state index is 0.781. The molecule has 112 valence electrons. The van der Waals surface area contributed by atoms with Crippen LogP contribution in [0.5, 0.6) is 0 Å². The first-order valence-corrected chi connectivity index (χ1v) is 7.33. The Morgan fingerprint density at radius 2 is 1.22 bits per heavy atom. The van der Waals surface area contributed by atoms with Crippen molar-refractivity contribution in [3.8, 4) is 0 Å². The molecule has 0 heterocycles. The fourth-order valence-corrected chi connectivity index (χ4v) is 1.95. The SMILES string of the molecule is C(=NN(N=Nc1ccccc1)c1ccccc1)c1ccccc1. The van der Waals surface area contributed by atoms with E-state index in [1.807, 2.05) is 91.0 Å². The second-order valence-corrected chi connectivity index (χ2v) is 4.81. The van der Waals surface area contributed by atoms with Crippen molar-refractivity contribution in [3.63, 3.8) is 0 Å². The van der Waals surface area contributed by atoms with Crippen molar-refractivity contribution in [1.29, 1.82) is 0 Å². The zero-order chi connectivity index (χ0) is 15.7. The molecule has 0 N–H and O–H groups in total. The van der Waals surface area contributed by atoms with Gasteiger partial charge in [0.2, 0.25) is 0 Å². The van der Waals surface area contributed by atoms with Crippen LogP contribution < -0.4 is 5.12 Å². The van der Waals surface area contributed by atoms with Gasteiger partial charge in [-0.05, 0) is 35.1 Å². The number of hydrogen-bond acceptors (Lipinski definition) is 3. The van der Waals surface area contributed by atoms with Gasteiger partial charge in [0.15, 0.2) is 0 Å². The average molecular weight is 300 g/mol. The van der Waals surface area contributed by atoms with Crippen LogP contribution >= 0.6 is 0 Å². The van der Waals surface area contributed by atoms with E-state index in [0.717, 1.165) is 16.9 Å². The molecule has 23 heavy (non-hydrogen) atoms. The van der Waals surface area contributed by atoms with Crippen LogP contribution in [0.4, 0.5) is 11.4 Å². The van der Waals surface area contributed by atoms with Crippen molar-refractivity contribution in [3.05, 3.63) is 96.6 Å². The van der Waals surface area contributed by atoms with Gasteiger partial charge in [-0.15, -0.1) is 10.2 Å². The molecule has 0 saturated carbocycles. The predicted octanol–water partition coefficient (Wildman–Crippen LogP) is 5.23. The standard InChI is InChI=1S/C19H16N4/c1-4-10-17(11-5-1)16-20-23(19-14-8-3-9-15-19)22-21-18-12-6-2-7-13-18/h1-16H. The van der Waals surface area contributed by atoms with Gasteiger partial charge in [-0.25, -0.2) is 0 Å². The van der Waals surface area contributed by atoms with Crippen LogP contribution in [0.25, 0.3) is 0 Å². The molecule has 4 nitrogen and oxygen atoms in total. The Balaban J connectivity index is 1.85. The van der Waals surface area contributed by atoms with E-state index >= 15 is 0 Å². The molecule has 0 saturated heterocycles. The van der Waals surface area contributed by atoms with Crippen LogP contribution in [0.2, 0.25) is 0 Å². The molecule has 0 aliphatic heterocycles. The molecule has 0 radical (unpaired) electrons. The zero-order valence-electron chi connectivity index (χ0n) is 12.5. The summed E-state index contributed by atoms with van der Waals surface area (Å²) in [4.78, 5) is 0. The molecular formula is C19H16N4. The fourth-order valence-electron chi connectivity index (χ4n) is 1.95. The molecule has 0 spiro atoms. The Labute approximate surface area is 135 Å². The van der Waals surface area contributed by atoms with Gasteiger partial charge in [-0.1, -0.05) is 66.7 Å². The highest BCUT2D eigenvalue weighted by Gasteiger charge is 2.02. The second-order valence-electron chi connectivity index (χ2n) is 4.81. The summed E-state index contributed by atoms with van der Waals surface area (Å²) in [7, 11) is 0. The summed E-state index contributed by atoms with van der Waals surface area (Å²) in [6.07, 6.45) is 1.76. The third kappa shape index (κ3) is 4.35. The normalized spacial score (nSPS) is 11.1. The molecule has 0 aromatic heterocycles. The lowest BCUT2D eigenvalue weighted by molar-refractivity contribution is 0.861.